The SMILES string of the molecule is COCCn1c(-c2ccc(F)cc2OC)cc(=O)[nH]c1=S. The lowest BCUT2D eigenvalue weighted by molar-refractivity contribution is 0.186. The van der Waals surface area contributed by atoms with Crippen molar-refractivity contribution in [2.75, 3.05) is 20.8 Å². The Labute approximate surface area is 126 Å². The number of benzene rings is 1. The molecule has 0 bridgehead atoms. The summed E-state index contributed by atoms with van der Waals surface area (Å²) in [5, 5.41) is 0. The maximum absolute atomic E-state index is 13.3. The lowest BCUT2D eigenvalue weighted by Gasteiger charge is -2.15. The molecule has 0 saturated heterocycles. The molecule has 1 N–H and O–H groups in total. The van der Waals surface area contributed by atoms with Gasteiger partial charge in [-0.05, 0) is 24.4 Å². The van der Waals surface area contributed by atoms with Gasteiger partial charge in [0.25, 0.3) is 5.56 Å². The Morgan fingerprint density at radius 2 is 2.10 bits per heavy atom. The molecule has 0 fully saturated rings. The standard InChI is InChI=1S/C14H15FN2O3S/c1-19-6-5-17-11(8-13(18)16-14(17)21)10-4-3-9(15)7-12(10)20-2/h3-4,7-8H,5-6H2,1-2H3,(H,16,18,21). The first-order valence-electron chi connectivity index (χ1n) is 6.24. The maximum Gasteiger partial charge on any atom is 0.252 e. The van der Waals surface area contributed by atoms with Crippen molar-refractivity contribution >= 4 is 12.2 Å². The lowest BCUT2D eigenvalue weighted by Crippen LogP contribution is -2.17. The van der Waals surface area contributed by atoms with E-state index in [4.69, 9.17) is 21.7 Å². The van der Waals surface area contributed by atoms with Crippen LogP contribution in [0.2, 0.25) is 0 Å². The summed E-state index contributed by atoms with van der Waals surface area (Å²) < 4.78 is 25.5. The van der Waals surface area contributed by atoms with E-state index in [9.17, 15) is 9.18 Å². The maximum atomic E-state index is 13.3. The van der Waals surface area contributed by atoms with Crippen LogP contribution >= 0.6 is 12.2 Å². The Morgan fingerprint density at radius 1 is 1.33 bits per heavy atom. The normalized spacial score (nSPS) is 10.6. The summed E-state index contributed by atoms with van der Waals surface area (Å²) >= 11 is 5.18. The van der Waals surface area contributed by atoms with E-state index >= 15 is 0 Å². The van der Waals surface area contributed by atoms with Crippen molar-refractivity contribution in [3.63, 3.8) is 0 Å². The van der Waals surface area contributed by atoms with E-state index < -0.39 is 5.82 Å². The molecular weight excluding hydrogens is 295 g/mol. The average molecular weight is 310 g/mol. The molecule has 0 spiro atoms. The molecule has 0 aliphatic heterocycles. The zero-order valence-electron chi connectivity index (χ0n) is 11.7. The van der Waals surface area contributed by atoms with Gasteiger partial charge in [-0.3, -0.25) is 9.78 Å². The van der Waals surface area contributed by atoms with Crippen molar-refractivity contribution in [2.24, 2.45) is 0 Å². The molecule has 2 rings (SSSR count). The third-order valence-electron chi connectivity index (χ3n) is 2.99. The molecular formula is C14H15FN2O3S. The topological polar surface area (TPSA) is 56.2 Å². The van der Waals surface area contributed by atoms with Gasteiger partial charge in [0, 0.05) is 31.4 Å². The quantitative estimate of drug-likeness (QED) is 0.862. The number of nitrogens with zero attached hydrogens (tertiary/aromatic N) is 1. The third-order valence-corrected chi connectivity index (χ3v) is 3.31. The van der Waals surface area contributed by atoms with Gasteiger partial charge < -0.3 is 14.0 Å². The van der Waals surface area contributed by atoms with Crippen LogP contribution in [0.1, 0.15) is 0 Å². The van der Waals surface area contributed by atoms with E-state index in [1.807, 2.05) is 0 Å². The van der Waals surface area contributed by atoms with Crippen LogP contribution < -0.4 is 10.3 Å². The number of hydrogen-bond acceptors (Lipinski definition) is 4. The highest BCUT2D eigenvalue weighted by Gasteiger charge is 2.12. The van der Waals surface area contributed by atoms with E-state index in [2.05, 4.69) is 4.98 Å². The Kier molecular flexibility index (Phi) is 4.87. The molecule has 5 nitrogen and oxygen atoms in total. The van der Waals surface area contributed by atoms with Crippen molar-refractivity contribution in [1.82, 2.24) is 9.55 Å². The highest BCUT2D eigenvalue weighted by molar-refractivity contribution is 7.71. The summed E-state index contributed by atoms with van der Waals surface area (Å²) in [6.45, 7) is 0.888. The Bertz CT molecular complexity index is 755. The number of aromatic nitrogens is 2. The number of hydrogen-bond donors (Lipinski definition) is 1. The van der Waals surface area contributed by atoms with Crippen molar-refractivity contribution in [1.29, 1.82) is 0 Å². The number of halogens is 1. The number of ether oxygens (including phenoxy) is 2. The number of methoxy groups -OCH3 is 2. The largest absolute Gasteiger partial charge is 0.496 e. The molecule has 112 valence electrons. The van der Waals surface area contributed by atoms with Gasteiger partial charge in [-0.25, -0.2) is 4.39 Å². The predicted molar refractivity (Wildman–Crippen MR) is 79.7 cm³/mol. The minimum Gasteiger partial charge on any atom is -0.496 e. The first kappa shape index (κ1) is 15.4. The second-order valence-electron chi connectivity index (χ2n) is 4.31. The zero-order chi connectivity index (χ0) is 15.4. The fourth-order valence-electron chi connectivity index (χ4n) is 2.02. The molecule has 2 aromatic rings. The van der Waals surface area contributed by atoms with Crippen LogP contribution in [0.3, 0.4) is 0 Å². The molecule has 0 radical (unpaired) electrons. The fraction of sp³-hybridized carbons (Fsp3) is 0.286. The Morgan fingerprint density at radius 3 is 2.76 bits per heavy atom. The lowest BCUT2D eigenvalue weighted by atomic mass is 10.1. The third kappa shape index (κ3) is 3.37. The van der Waals surface area contributed by atoms with Crippen LogP contribution in [0.25, 0.3) is 11.3 Å². The molecule has 1 heterocycles. The Hall–Kier alpha value is -1.99. The molecule has 1 aromatic heterocycles. The predicted octanol–water partition coefficient (Wildman–Crippen LogP) is 2.37. The van der Waals surface area contributed by atoms with Crippen LogP contribution in [0, 0.1) is 10.6 Å². The Balaban J connectivity index is 2.67. The summed E-state index contributed by atoms with van der Waals surface area (Å²) in [6, 6.07) is 5.53. The molecule has 0 atom stereocenters. The first-order chi connectivity index (χ1) is 10.1. The number of nitrogens with one attached hydrogen (secondary N) is 1. The minimum atomic E-state index is -0.414. The highest BCUT2D eigenvalue weighted by Crippen LogP contribution is 2.29. The van der Waals surface area contributed by atoms with Crippen LogP contribution in [0.5, 0.6) is 5.75 Å². The fourth-order valence-corrected chi connectivity index (χ4v) is 2.32. The van der Waals surface area contributed by atoms with Gasteiger partial charge in [0.1, 0.15) is 11.6 Å². The first-order valence-corrected chi connectivity index (χ1v) is 6.64. The van der Waals surface area contributed by atoms with Crippen molar-refractivity contribution in [3.8, 4) is 17.0 Å². The second kappa shape index (κ2) is 6.64. The molecule has 1 aromatic carbocycles. The number of aromatic amines is 1. The van der Waals surface area contributed by atoms with Crippen LogP contribution in [0.15, 0.2) is 29.1 Å². The van der Waals surface area contributed by atoms with E-state index in [0.29, 0.717) is 30.2 Å². The highest BCUT2D eigenvalue weighted by atomic mass is 32.1. The average Bonchev–Trinajstić information content (AvgIpc) is 2.45. The van der Waals surface area contributed by atoms with Gasteiger partial charge in [0.05, 0.1) is 19.4 Å². The van der Waals surface area contributed by atoms with E-state index in [-0.39, 0.29) is 10.3 Å². The van der Waals surface area contributed by atoms with Gasteiger partial charge in [-0.15, -0.1) is 0 Å². The van der Waals surface area contributed by atoms with E-state index in [1.165, 1.54) is 25.3 Å². The van der Waals surface area contributed by atoms with Crippen LogP contribution in [0.4, 0.5) is 4.39 Å². The van der Waals surface area contributed by atoms with Crippen LogP contribution in [-0.4, -0.2) is 30.4 Å². The molecule has 7 heteroatoms. The molecule has 0 aliphatic rings. The van der Waals surface area contributed by atoms with Crippen molar-refractivity contribution in [2.45, 2.75) is 6.54 Å². The zero-order valence-corrected chi connectivity index (χ0v) is 12.5. The van der Waals surface area contributed by atoms with Gasteiger partial charge in [-0.2, -0.15) is 0 Å². The number of rotatable bonds is 5. The molecule has 0 unspecified atom stereocenters. The van der Waals surface area contributed by atoms with E-state index in [1.54, 1.807) is 17.7 Å². The van der Waals surface area contributed by atoms with Gasteiger partial charge in [-0.1, -0.05) is 0 Å². The summed E-state index contributed by atoms with van der Waals surface area (Å²) in [7, 11) is 3.02. The molecule has 0 saturated carbocycles. The summed E-state index contributed by atoms with van der Waals surface area (Å²) in [4.78, 5) is 14.3. The smallest absolute Gasteiger partial charge is 0.252 e. The van der Waals surface area contributed by atoms with E-state index in [0.717, 1.165) is 0 Å². The van der Waals surface area contributed by atoms with Crippen LogP contribution in [-0.2, 0) is 11.3 Å². The van der Waals surface area contributed by atoms with Gasteiger partial charge in [0.15, 0.2) is 4.77 Å². The van der Waals surface area contributed by atoms with Crippen molar-refractivity contribution in [3.05, 3.63) is 45.2 Å². The summed E-state index contributed by atoms with van der Waals surface area (Å²) in [5.41, 5.74) is 0.819. The summed E-state index contributed by atoms with van der Waals surface area (Å²) in [5.74, 6) is -0.0800. The monoisotopic (exact) mass is 310 g/mol. The van der Waals surface area contributed by atoms with Gasteiger partial charge >= 0.3 is 0 Å². The molecule has 0 amide bonds. The number of H-pyrrole nitrogens is 1. The molecule has 21 heavy (non-hydrogen) atoms. The van der Waals surface area contributed by atoms with Crippen molar-refractivity contribution < 1.29 is 13.9 Å². The molecule has 0 aliphatic carbocycles. The minimum absolute atomic E-state index is 0.279. The summed E-state index contributed by atoms with van der Waals surface area (Å²) in [6.07, 6.45) is 0. The second-order valence-corrected chi connectivity index (χ2v) is 4.70. The van der Waals surface area contributed by atoms with Gasteiger partial charge in [0.2, 0.25) is 0 Å².